The Kier molecular flexibility index (Phi) is 2.61. The van der Waals surface area contributed by atoms with Crippen molar-refractivity contribution in [2.24, 2.45) is 0 Å². The van der Waals surface area contributed by atoms with Crippen LogP contribution in [0, 0.1) is 6.92 Å². The zero-order valence-corrected chi connectivity index (χ0v) is 10.3. The van der Waals surface area contributed by atoms with Crippen molar-refractivity contribution >= 4 is 29.4 Å². The second kappa shape index (κ2) is 3.97. The number of hydrazine groups is 1. The van der Waals surface area contributed by atoms with E-state index < -0.39 is 0 Å². The van der Waals surface area contributed by atoms with Gasteiger partial charge >= 0.3 is 0 Å². The summed E-state index contributed by atoms with van der Waals surface area (Å²) in [5.74, 6) is 2.62. The molecule has 3 heterocycles. The molecule has 1 amide bonds. The van der Waals surface area contributed by atoms with E-state index in [1.165, 1.54) is 0 Å². The number of nitrogens with zero attached hydrogens (tertiary/aromatic N) is 2. The first-order chi connectivity index (χ1) is 7.74. The van der Waals surface area contributed by atoms with Crippen molar-refractivity contribution in [1.29, 1.82) is 0 Å². The van der Waals surface area contributed by atoms with Gasteiger partial charge in [0.1, 0.15) is 5.76 Å². The van der Waals surface area contributed by atoms with Crippen LogP contribution in [0.15, 0.2) is 10.6 Å². The van der Waals surface area contributed by atoms with Crippen molar-refractivity contribution in [2.45, 2.75) is 17.7 Å². The number of hydrogen-bond donors (Lipinski definition) is 1. The van der Waals surface area contributed by atoms with Gasteiger partial charge in [-0.2, -0.15) is 5.01 Å². The zero-order chi connectivity index (χ0) is 11.1. The average molecular weight is 257 g/mol. The van der Waals surface area contributed by atoms with Gasteiger partial charge in [-0.3, -0.25) is 10.2 Å². The van der Waals surface area contributed by atoms with Gasteiger partial charge < -0.3 is 4.52 Å². The van der Waals surface area contributed by atoms with Crippen LogP contribution < -0.4 is 5.43 Å². The standard InChI is InChI=1S/C9H11N3O2S2/c1-5-2-6(11-14-5)9(13)10-12-7-3-15-8(12)4-16-7/h2,7-8H,3-4H2,1H3,(H,10,13)/t7-,8-/m1/s1. The maximum absolute atomic E-state index is 11.8. The van der Waals surface area contributed by atoms with E-state index >= 15 is 0 Å². The fourth-order valence-electron chi connectivity index (χ4n) is 1.78. The first kappa shape index (κ1) is 10.5. The van der Waals surface area contributed by atoms with Gasteiger partial charge in [0.25, 0.3) is 5.91 Å². The molecule has 7 heteroatoms. The quantitative estimate of drug-likeness (QED) is 0.855. The first-order valence-electron chi connectivity index (χ1n) is 5.00. The molecule has 0 aliphatic carbocycles. The molecule has 0 spiro atoms. The summed E-state index contributed by atoms with van der Waals surface area (Å²) in [6, 6.07) is 1.65. The Morgan fingerprint density at radius 1 is 1.56 bits per heavy atom. The predicted molar refractivity (Wildman–Crippen MR) is 63.0 cm³/mol. The summed E-state index contributed by atoms with van der Waals surface area (Å²) in [5, 5.41) is 6.55. The highest BCUT2D eigenvalue weighted by molar-refractivity contribution is 8.07. The van der Waals surface area contributed by atoms with E-state index in [-0.39, 0.29) is 5.91 Å². The molecule has 16 heavy (non-hydrogen) atoms. The van der Waals surface area contributed by atoms with E-state index in [4.69, 9.17) is 4.52 Å². The lowest BCUT2D eigenvalue weighted by atomic mass is 10.4. The van der Waals surface area contributed by atoms with Crippen molar-refractivity contribution in [3.05, 3.63) is 17.5 Å². The van der Waals surface area contributed by atoms with Gasteiger partial charge in [-0.15, -0.1) is 23.5 Å². The topological polar surface area (TPSA) is 58.4 Å². The van der Waals surface area contributed by atoms with Gasteiger partial charge in [-0.05, 0) is 6.92 Å². The highest BCUT2D eigenvalue weighted by Crippen LogP contribution is 2.42. The normalized spacial score (nSPS) is 28.6. The van der Waals surface area contributed by atoms with Crippen molar-refractivity contribution < 1.29 is 9.32 Å². The predicted octanol–water partition coefficient (Wildman–Crippen LogP) is 1.08. The van der Waals surface area contributed by atoms with Crippen LogP contribution in [0.1, 0.15) is 16.2 Å². The van der Waals surface area contributed by atoms with Crippen molar-refractivity contribution in [1.82, 2.24) is 15.6 Å². The maximum atomic E-state index is 11.8. The number of aryl methyl sites for hydroxylation is 1. The number of fused-ring (bicyclic) bond motifs is 2. The van der Waals surface area contributed by atoms with Crippen LogP contribution in [0.2, 0.25) is 0 Å². The van der Waals surface area contributed by atoms with Crippen LogP contribution in [-0.2, 0) is 0 Å². The Morgan fingerprint density at radius 2 is 2.25 bits per heavy atom. The smallest absolute Gasteiger partial charge is 0.287 e. The summed E-state index contributed by atoms with van der Waals surface area (Å²) in [4.78, 5) is 11.8. The van der Waals surface area contributed by atoms with E-state index in [2.05, 4.69) is 10.6 Å². The molecular weight excluding hydrogens is 246 g/mol. The third kappa shape index (κ3) is 1.72. The van der Waals surface area contributed by atoms with Crippen LogP contribution >= 0.6 is 23.5 Å². The molecule has 0 aromatic carbocycles. The summed E-state index contributed by atoms with van der Waals surface area (Å²) in [7, 11) is 0. The molecule has 86 valence electrons. The summed E-state index contributed by atoms with van der Waals surface area (Å²) >= 11 is 3.78. The monoisotopic (exact) mass is 257 g/mol. The number of thioether (sulfide) groups is 2. The van der Waals surface area contributed by atoms with E-state index in [9.17, 15) is 4.79 Å². The number of rotatable bonds is 2. The van der Waals surface area contributed by atoms with Crippen LogP contribution in [0.4, 0.5) is 0 Å². The first-order valence-corrected chi connectivity index (χ1v) is 7.09. The largest absolute Gasteiger partial charge is 0.361 e. The number of nitrogens with one attached hydrogen (secondary N) is 1. The molecule has 2 aliphatic rings. The summed E-state index contributed by atoms with van der Waals surface area (Å²) in [5.41, 5.74) is 3.25. The minimum absolute atomic E-state index is 0.183. The minimum Gasteiger partial charge on any atom is -0.361 e. The van der Waals surface area contributed by atoms with Gasteiger partial charge in [0, 0.05) is 17.6 Å². The number of hydrogen-bond acceptors (Lipinski definition) is 6. The van der Waals surface area contributed by atoms with E-state index in [0.29, 0.717) is 22.2 Å². The molecule has 0 radical (unpaired) electrons. The molecule has 2 atom stereocenters. The Morgan fingerprint density at radius 3 is 2.75 bits per heavy atom. The lowest BCUT2D eigenvalue weighted by molar-refractivity contribution is 0.0788. The van der Waals surface area contributed by atoms with Crippen LogP contribution in [0.3, 0.4) is 0 Å². The second-order valence-corrected chi connectivity index (χ2v) is 6.17. The van der Waals surface area contributed by atoms with Crippen molar-refractivity contribution in [3.63, 3.8) is 0 Å². The highest BCUT2D eigenvalue weighted by atomic mass is 32.2. The average Bonchev–Trinajstić information content (AvgIpc) is 2.95. The van der Waals surface area contributed by atoms with Crippen LogP contribution in [0.5, 0.6) is 0 Å². The maximum Gasteiger partial charge on any atom is 0.287 e. The molecule has 2 bridgehead atoms. The molecule has 3 rings (SSSR count). The van der Waals surface area contributed by atoms with Crippen LogP contribution in [0.25, 0.3) is 0 Å². The Hall–Kier alpha value is -0.660. The van der Waals surface area contributed by atoms with Gasteiger partial charge in [-0.25, -0.2) is 0 Å². The van der Waals surface area contributed by atoms with E-state index in [1.807, 2.05) is 28.5 Å². The third-order valence-electron chi connectivity index (χ3n) is 2.57. The second-order valence-electron chi connectivity index (χ2n) is 3.75. The molecule has 1 aromatic rings. The molecular formula is C9H11N3O2S2. The lowest BCUT2D eigenvalue weighted by Crippen LogP contribution is -2.45. The number of carbonyl (C=O) groups excluding carboxylic acids is 1. The van der Waals surface area contributed by atoms with Gasteiger partial charge in [0.15, 0.2) is 5.69 Å². The van der Waals surface area contributed by atoms with Gasteiger partial charge in [0.2, 0.25) is 0 Å². The number of aromatic nitrogens is 1. The zero-order valence-electron chi connectivity index (χ0n) is 8.67. The summed E-state index contributed by atoms with van der Waals surface area (Å²) in [6.45, 7) is 1.77. The van der Waals surface area contributed by atoms with E-state index in [1.54, 1.807) is 13.0 Å². The number of amides is 1. The Balaban J connectivity index is 1.69. The highest BCUT2D eigenvalue weighted by Gasteiger charge is 2.42. The number of carbonyl (C=O) groups is 1. The minimum atomic E-state index is -0.183. The molecule has 0 saturated carbocycles. The Labute approximate surface area is 101 Å². The molecule has 2 saturated heterocycles. The summed E-state index contributed by atoms with van der Waals surface area (Å²) < 4.78 is 4.88. The molecule has 0 unspecified atom stereocenters. The molecule has 2 aliphatic heterocycles. The molecule has 1 aromatic heterocycles. The molecule has 2 fully saturated rings. The van der Waals surface area contributed by atoms with Crippen molar-refractivity contribution in [3.8, 4) is 0 Å². The molecule has 5 nitrogen and oxygen atoms in total. The fourth-order valence-corrected chi connectivity index (χ4v) is 4.92. The lowest BCUT2D eigenvalue weighted by Gasteiger charge is -2.19. The van der Waals surface area contributed by atoms with Gasteiger partial charge in [0.05, 0.1) is 10.7 Å². The van der Waals surface area contributed by atoms with Crippen molar-refractivity contribution in [2.75, 3.05) is 11.5 Å². The Bertz CT molecular complexity index is 403. The molecule has 1 N–H and O–H groups in total. The van der Waals surface area contributed by atoms with Crippen LogP contribution in [-0.4, -0.2) is 38.3 Å². The SMILES string of the molecule is Cc1cc(C(=O)NN2[C@H]3CS[C@@H]2CS3)no1. The van der Waals surface area contributed by atoms with Gasteiger partial charge in [-0.1, -0.05) is 5.16 Å². The summed E-state index contributed by atoms with van der Waals surface area (Å²) in [6.07, 6.45) is 0. The van der Waals surface area contributed by atoms with E-state index in [0.717, 1.165) is 11.5 Å². The fraction of sp³-hybridized carbons (Fsp3) is 0.556. The third-order valence-corrected chi connectivity index (χ3v) is 5.57.